The number of aromatic carboxylic acids is 3. The Morgan fingerprint density at radius 1 is 1.07 bits per heavy atom. The van der Waals surface area contributed by atoms with E-state index in [1.807, 2.05) is 0 Å². The molecule has 1 unspecified atom stereocenters. The number of hydrogen-bond acceptors (Lipinski definition) is 7. The molecule has 0 saturated heterocycles. The lowest BCUT2D eigenvalue weighted by Gasteiger charge is -2.32. The van der Waals surface area contributed by atoms with Crippen molar-refractivity contribution in [2.24, 2.45) is 0 Å². The molecule has 0 amide bonds. The number of carbonyl (C=O) groups excluding carboxylic acids is 2. The summed E-state index contributed by atoms with van der Waals surface area (Å²) >= 11 is 0. The number of ketones is 2. The van der Waals surface area contributed by atoms with Crippen LogP contribution in [0.25, 0.3) is 11.3 Å². The Balaban J connectivity index is 2.49. The lowest BCUT2D eigenvalue weighted by Crippen LogP contribution is -2.42. The molecule has 0 aromatic carbocycles. The number of aromatic nitrogens is 2. The number of nitrogens with one attached hydrogen (secondary N) is 1. The van der Waals surface area contributed by atoms with Crippen molar-refractivity contribution in [2.75, 3.05) is 0 Å². The fraction of sp³-hybridized carbons (Fsp3) is 0.176. The van der Waals surface area contributed by atoms with E-state index in [0.29, 0.717) is 0 Å². The standard InChI is InChI=1S/C17H12N2O9/c1-5(20)4-17(28)12-10(6(14(22)23)2-9(19-12)16(26)27)11-7(13(17)21)3-8(18-11)15(24)25/h2-3,18,28H,4H2,1H3,(H,22,23)(H,24,25)(H,26,27). The minimum atomic E-state index is -2.65. The number of carboxylic acids is 3. The number of Topliss-reactive ketones (excluding diaryl/α,β-unsaturated/α-hetero) is 2. The number of nitrogens with zero attached hydrogens (tertiary/aromatic N) is 1. The van der Waals surface area contributed by atoms with Crippen LogP contribution in [0.4, 0.5) is 0 Å². The Bertz CT molecular complexity index is 1100. The second-order valence-electron chi connectivity index (χ2n) is 6.23. The number of rotatable bonds is 5. The molecule has 2 aromatic heterocycles. The van der Waals surface area contributed by atoms with Gasteiger partial charge in [-0.1, -0.05) is 0 Å². The van der Waals surface area contributed by atoms with Crippen molar-refractivity contribution in [3.63, 3.8) is 0 Å². The Morgan fingerprint density at radius 2 is 1.71 bits per heavy atom. The summed E-state index contributed by atoms with van der Waals surface area (Å²) in [6.07, 6.45) is -0.805. The molecule has 3 rings (SSSR count). The van der Waals surface area contributed by atoms with Crippen molar-refractivity contribution in [3.05, 3.63) is 40.3 Å². The third-order valence-electron chi connectivity index (χ3n) is 4.28. The van der Waals surface area contributed by atoms with Crippen molar-refractivity contribution in [1.82, 2.24) is 9.97 Å². The van der Waals surface area contributed by atoms with Crippen LogP contribution in [0.5, 0.6) is 0 Å². The highest BCUT2D eigenvalue weighted by atomic mass is 16.4. The minimum absolute atomic E-state index is 0.243. The summed E-state index contributed by atoms with van der Waals surface area (Å²) in [7, 11) is 0. The number of hydrogen-bond donors (Lipinski definition) is 5. The summed E-state index contributed by atoms with van der Waals surface area (Å²) in [4.78, 5) is 65.0. The maximum absolute atomic E-state index is 12.9. The number of aliphatic hydroxyl groups is 1. The molecule has 1 aliphatic rings. The summed E-state index contributed by atoms with van der Waals surface area (Å²) in [5.41, 5.74) is -6.10. The molecule has 5 N–H and O–H groups in total. The van der Waals surface area contributed by atoms with Crippen LogP contribution in [0, 0.1) is 0 Å². The average Bonchev–Trinajstić information content (AvgIpc) is 3.03. The summed E-state index contributed by atoms with van der Waals surface area (Å²) in [5, 5.41) is 38.9. The fourth-order valence-electron chi connectivity index (χ4n) is 3.18. The Labute approximate surface area is 155 Å². The topological polar surface area (TPSA) is 195 Å². The Morgan fingerprint density at radius 3 is 2.21 bits per heavy atom. The largest absolute Gasteiger partial charge is 0.478 e. The van der Waals surface area contributed by atoms with Gasteiger partial charge in [-0.3, -0.25) is 9.59 Å². The molecule has 0 aliphatic heterocycles. The summed E-state index contributed by atoms with van der Waals surface area (Å²) in [6, 6.07) is 1.63. The quantitative estimate of drug-likeness (QED) is 0.482. The summed E-state index contributed by atoms with van der Waals surface area (Å²) in [5.74, 6) is -6.42. The third-order valence-corrected chi connectivity index (χ3v) is 4.28. The Hall–Kier alpha value is -3.86. The van der Waals surface area contributed by atoms with Gasteiger partial charge in [0.05, 0.1) is 17.0 Å². The monoisotopic (exact) mass is 388 g/mol. The van der Waals surface area contributed by atoms with Gasteiger partial charge >= 0.3 is 17.9 Å². The fourth-order valence-corrected chi connectivity index (χ4v) is 3.18. The summed E-state index contributed by atoms with van der Waals surface area (Å²) in [6.45, 7) is 1.07. The van der Waals surface area contributed by atoms with E-state index >= 15 is 0 Å². The van der Waals surface area contributed by atoms with E-state index in [1.54, 1.807) is 0 Å². The first-order valence-electron chi connectivity index (χ1n) is 7.72. The van der Waals surface area contributed by atoms with E-state index in [4.69, 9.17) is 0 Å². The second kappa shape index (κ2) is 6.09. The molecule has 11 heteroatoms. The molecule has 11 nitrogen and oxygen atoms in total. The smallest absolute Gasteiger partial charge is 0.354 e. The first-order valence-corrected chi connectivity index (χ1v) is 7.72. The maximum atomic E-state index is 12.9. The molecule has 0 spiro atoms. The maximum Gasteiger partial charge on any atom is 0.354 e. The molecule has 1 atom stereocenters. The number of H-pyrrole nitrogens is 1. The van der Waals surface area contributed by atoms with Crippen LogP contribution in [0.3, 0.4) is 0 Å². The molecule has 144 valence electrons. The third kappa shape index (κ3) is 2.65. The lowest BCUT2D eigenvalue weighted by molar-refractivity contribution is -0.121. The molecular formula is C17H12N2O9. The molecule has 2 aromatic rings. The highest BCUT2D eigenvalue weighted by Crippen LogP contribution is 2.44. The lowest BCUT2D eigenvalue weighted by atomic mass is 9.76. The van der Waals surface area contributed by atoms with E-state index in [9.17, 15) is 44.4 Å². The van der Waals surface area contributed by atoms with Crippen LogP contribution in [0.2, 0.25) is 0 Å². The zero-order valence-corrected chi connectivity index (χ0v) is 14.1. The number of pyridine rings is 1. The van der Waals surface area contributed by atoms with E-state index in [-0.39, 0.29) is 16.8 Å². The van der Waals surface area contributed by atoms with Crippen LogP contribution in [-0.2, 0) is 10.4 Å². The zero-order valence-electron chi connectivity index (χ0n) is 14.1. The van der Waals surface area contributed by atoms with E-state index in [2.05, 4.69) is 9.97 Å². The van der Waals surface area contributed by atoms with Crippen molar-refractivity contribution >= 4 is 29.5 Å². The molecule has 2 heterocycles. The molecule has 0 saturated carbocycles. The molecule has 0 fully saturated rings. The van der Waals surface area contributed by atoms with Crippen LogP contribution < -0.4 is 0 Å². The first kappa shape index (κ1) is 18.9. The zero-order chi connectivity index (χ0) is 21.0. The van der Waals surface area contributed by atoms with Crippen LogP contribution >= 0.6 is 0 Å². The second-order valence-corrected chi connectivity index (χ2v) is 6.23. The number of carboxylic acid groups (broad SMARTS) is 3. The van der Waals surface area contributed by atoms with Crippen LogP contribution in [-0.4, -0.2) is 59.9 Å². The predicted octanol–water partition coefficient (Wildman–Crippen LogP) is 0.534. The SMILES string of the molecule is CC(=O)CC1(O)C(=O)c2cc(C(=O)O)[nH]c2-c2c(C(=O)O)cc(C(=O)O)nc21. The predicted molar refractivity (Wildman–Crippen MR) is 88.4 cm³/mol. The van der Waals surface area contributed by atoms with E-state index in [0.717, 1.165) is 19.1 Å². The molecular weight excluding hydrogens is 376 g/mol. The van der Waals surface area contributed by atoms with Gasteiger partial charge in [0, 0.05) is 17.5 Å². The van der Waals surface area contributed by atoms with E-state index < -0.39 is 64.1 Å². The van der Waals surface area contributed by atoms with Gasteiger partial charge in [-0.2, -0.15) is 0 Å². The first-order chi connectivity index (χ1) is 13.0. The van der Waals surface area contributed by atoms with Crippen LogP contribution in [0.15, 0.2) is 12.1 Å². The normalized spacial score (nSPS) is 17.6. The highest BCUT2D eigenvalue weighted by molar-refractivity contribution is 6.16. The van der Waals surface area contributed by atoms with Crippen molar-refractivity contribution in [3.8, 4) is 11.3 Å². The molecule has 1 aliphatic carbocycles. The van der Waals surface area contributed by atoms with Gasteiger partial charge in [0.1, 0.15) is 17.2 Å². The van der Waals surface area contributed by atoms with Crippen LogP contribution in [0.1, 0.15) is 60.7 Å². The number of aromatic amines is 1. The van der Waals surface area contributed by atoms with Gasteiger partial charge in [-0.25, -0.2) is 19.4 Å². The van der Waals surface area contributed by atoms with Crippen molar-refractivity contribution in [2.45, 2.75) is 18.9 Å². The molecule has 28 heavy (non-hydrogen) atoms. The Kier molecular flexibility index (Phi) is 4.12. The van der Waals surface area contributed by atoms with Gasteiger partial charge in [0.2, 0.25) is 5.78 Å². The van der Waals surface area contributed by atoms with Gasteiger partial charge < -0.3 is 25.4 Å². The highest BCUT2D eigenvalue weighted by Gasteiger charge is 2.50. The van der Waals surface area contributed by atoms with Gasteiger partial charge in [-0.05, 0) is 19.1 Å². The van der Waals surface area contributed by atoms with Gasteiger partial charge in [0.25, 0.3) is 0 Å². The molecule has 0 bridgehead atoms. The van der Waals surface area contributed by atoms with Crippen molar-refractivity contribution in [1.29, 1.82) is 0 Å². The van der Waals surface area contributed by atoms with Gasteiger partial charge in [-0.15, -0.1) is 0 Å². The van der Waals surface area contributed by atoms with E-state index in [1.165, 1.54) is 0 Å². The average molecular weight is 388 g/mol. The number of fused-ring (bicyclic) bond motifs is 3. The molecule has 0 radical (unpaired) electrons. The van der Waals surface area contributed by atoms with Gasteiger partial charge in [0.15, 0.2) is 5.60 Å². The summed E-state index contributed by atoms with van der Waals surface area (Å²) < 4.78 is 0. The minimum Gasteiger partial charge on any atom is -0.478 e. The number of carbonyl (C=O) groups is 5. The van der Waals surface area contributed by atoms with Crippen molar-refractivity contribution < 1.29 is 44.4 Å².